The zero-order valence-corrected chi connectivity index (χ0v) is 9.81. The second kappa shape index (κ2) is 4.28. The number of aliphatic carboxylic acids is 1. The highest BCUT2D eigenvalue weighted by Crippen LogP contribution is 2.39. The summed E-state index contributed by atoms with van der Waals surface area (Å²) in [5.41, 5.74) is 0.836. The average Bonchev–Trinajstić information content (AvgIpc) is 2.93. The van der Waals surface area contributed by atoms with Gasteiger partial charge in [0.25, 0.3) is 0 Å². The molecule has 0 unspecified atom stereocenters. The minimum absolute atomic E-state index is 0.0758. The summed E-state index contributed by atoms with van der Waals surface area (Å²) in [6.45, 7) is 5.15. The molecule has 1 fully saturated rings. The molecule has 88 valence electrons. The van der Waals surface area contributed by atoms with Crippen molar-refractivity contribution in [2.75, 3.05) is 0 Å². The van der Waals surface area contributed by atoms with Gasteiger partial charge in [-0.1, -0.05) is 13.8 Å². The smallest absolute Gasteiger partial charge is 0.309 e. The minimum atomic E-state index is -0.785. The quantitative estimate of drug-likeness (QED) is 0.829. The summed E-state index contributed by atoms with van der Waals surface area (Å²) in [6, 6.07) is 0. The Morgan fingerprint density at radius 1 is 1.62 bits per heavy atom. The highest BCUT2D eigenvalue weighted by molar-refractivity contribution is 5.69. The normalized spacial score (nSPS) is 15.7. The lowest BCUT2D eigenvalue weighted by molar-refractivity contribution is -0.136. The second-order valence-corrected chi connectivity index (χ2v) is 4.96. The largest absolute Gasteiger partial charge is 0.481 e. The number of aromatic nitrogens is 2. The first-order valence-electron chi connectivity index (χ1n) is 5.84. The Morgan fingerprint density at radius 3 is 2.81 bits per heavy atom. The van der Waals surface area contributed by atoms with Crippen LogP contribution in [0.15, 0.2) is 6.20 Å². The van der Waals surface area contributed by atoms with E-state index in [1.54, 1.807) is 6.20 Å². The van der Waals surface area contributed by atoms with Crippen LogP contribution in [-0.4, -0.2) is 20.6 Å². The van der Waals surface area contributed by atoms with Gasteiger partial charge in [0.2, 0.25) is 0 Å². The van der Waals surface area contributed by atoms with E-state index in [0.717, 1.165) is 18.1 Å². The summed E-state index contributed by atoms with van der Waals surface area (Å²) >= 11 is 0. The van der Waals surface area contributed by atoms with E-state index in [0.29, 0.717) is 11.8 Å². The molecule has 2 rings (SSSR count). The molecule has 4 heteroatoms. The van der Waals surface area contributed by atoms with Crippen LogP contribution in [0.4, 0.5) is 0 Å². The minimum Gasteiger partial charge on any atom is -0.481 e. The van der Waals surface area contributed by atoms with Crippen molar-refractivity contribution in [2.45, 2.75) is 45.6 Å². The van der Waals surface area contributed by atoms with Gasteiger partial charge >= 0.3 is 5.97 Å². The summed E-state index contributed by atoms with van der Waals surface area (Å²) in [5.74, 6) is 1.39. The highest BCUT2D eigenvalue weighted by atomic mass is 16.4. The van der Waals surface area contributed by atoms with Gasteiger partial charge < -0.3 is 9.67 Å². The first kappa shape index (κ1) is 11.2. The molecule has 1 aromatic heterocycles. The number of carbonyl (C=O) groups is 1. The molecule has 0 radical (unpaired) electrons. The van der Waals surface area contributed by atoms with Crippen LogP contribution in [0.1, 0.15) is 44.1 Å². The van der Waals surface area contributed by atoms with Crippen molar-refractivity contribution in [3.8, 4) is 0 Å². The lowest BCUT2D eigenvalue weighted by Gasteiger charge is -2.13. The Hall–Kier alpha value is -1.32. The Morgan fingerprint density at radius 2 is 2.31 bits per heavy atom. The van der Waals surface area contributed by atoms with Crippen LogP contribution in [0.2, 0.25) is 0 Å². The summed E-state index contributed by atoms with van der Waals surface area (Å²) in [5, 5.41) is 8.85. The van der Waals surface area contributed by atoms with Gasteiger partial charge in [0.15, 0.2) is 0 Å². The molecule has 0 atom stereocenters. The standard InChI is InChI=1S/C12H18N2O2/c1-8(2)7-14-10(5-11(15)16)6-13-12(14)9-3-4-9/h6,8-9H,3-5,7H2,1-2H3,(H,15,16). The molecule has 0 bridgehead atoms. The molecule has 4 nitrogen and oxygen atoms in total. The van der Waals surface area contributed by atoms with E-state index in [1.807, 2.05) is 0 Å². The molecule has 1 aliphatic rings. The first-order valence-corrected chi connectivity index (χ1v) is 5.84. The molecule has 1 aromatic rings. The van der Waals surface area contributed by atoms with Gasteiger partial charge in [0, 0.05) is 24.4 Å². The third-order valence-electron chi connectivity index (χ3n) is 2.79. The molecule has 0 aromatic carbocycles. The number of nitrogens with zero attached hydrogens (tertiary/aromatic N) is 2. The zero-order chi connectivity index (χ0) is 11.7. The second-order valence-electron chi connectivity index (χ2n) is 4.96. The van der Waals surface area contributed by atoms with Gasteiger partial charge in [-0.25, -0.2) is 4.98 Å². The fourth-order valence-corrected chi connectivity index (χ4v) is 1.97. The molecular weight excluding hydrogens is 204 g/mol. The maximum absolute atomic E-state index is 10.8. The van der Waals surface area contributed by atoms with Crippen LogP contribution in [0.25, 0.3) is 0 Å². The SMILES string of the molecule is CC(C)Cn1c(CC(=O)O)cnc1C1CC1. The van der Waals surface area contributed by atoms with Crippen molar-refractivity contribution in [1.29, 1.82) is 0 Å². The lowest BCUT2D eigenvalue weighted by Crippen LogP contribution is -2.13. The van der Waals surface area contributed by atoms with Crippen molar-refractivity contribution >= 4 is 5.97 Å². The molecule has 1 saturated carbocycles. The van der Waals surface area contributed by atoms with Crippen LogP contribution in [0.5, 0.6) is 0 Å². The van der Waals surface area contributed by atoms with Crippen molar-refractivity contribution in [3.63, 3.8) is 0 Å². The molecular formula is C12H18N2O2. The Kier molecular flexibility index (Phi) is 2.99. The molecule has 1 N–H and O–H groups in total. The number of rotatable bonds is 5. The number of carboxylic acid groups (broad SMARTS) is 1. The topological polar surface area (TPSA) is 55.1 Å². The Bertz CT molecular complexity index is 392. The van der Waals surface area contributed by atoms with Crippen LogP contribution >= 0.6 is 0 Å². The van der Waals surface area contributed by atoms with Crippen molar-refractivity contribution in [3.05, 3.63) is 17.7 Å². The number of carboxylic acids is 1. The van der Waals surface area contributed by atoms with E-state index in [-0.39, 0.29) is 6.42 Å². The Balaban J connectivity index is 2.25. The summed E-state index contributed by atoms with van der Waals surface area (Å²) in [4.78, 5) is 15.1. The van der Waals surface area contributed by atoms with Gasteiger partial charge in [-0.3, -0.25) is 4.79 Å². The summed E-state index contributed by atoms with van der Waals surface area (Å²) in [6.07, 6.45) is 4.19. The molecule has 0 aliphatic heterocycles. The number of imidazole rings is 1. The summed E-state index contributed by atoms with van der Waals surface area (Å²) in [7, 11) is 0. The number of hydrogen-bond acceptors (Lipinski definition) is 2. The van der Waals surface area contributed by atoms with Crippen molar-refractivity contribution in [1.82, 2.24) is 9.55 Å². The maximum Gasteiger partial charge on any atom is 0.309 e. The Labute approximate surface area is 95.3 Å². The van der Waals surface area contributed by atoms with Gasteiger partial charge in [-0.05, 0) is 18.8 Å². The monoisotopic (exact) mass is 222 g/mol. The number of hydrogen-bond donors (Lipinski definition) is 1. The molecule has 1 aliphatic carbocycles. The fraction of sp³-hybridized carbons (Fsp3) is 0.667. The van der Waals surface area contributed by atoms with Crippen LogP contribution in [0, 0.1) is 5.92 Å². The fourth-order valence-electron chi connectivity index (χ4n) is 1.97. The van der Waals surface area contributed by atoms with E-state index in [4.69, 9.17) is 5.11 Å². The van der Waals surface area contributed by atoms with Gasteiger partial charge in [0.05, 0.1) is 6.42 Å². The van der Waals surface area contributed by atoms with Crippen LogP contribution in [-0.2, 0) is 17.8 Å². The lowest BCUT2D eigenvalue weighted by atomic mass is 10.2. The van der Waals surface area contributed by atoms with E-state index in [1.165, 1.54) is 12.8 Å². The highest BCUT2D eigenvalue weighted by Gasteiger charge is 2.29. The third kappa shape index (κ3) is 2.43. The molecule has 0 spiro atoms. The van der Waals surface area contributed by atoms with Gasteiger partial charge in [0.1, 0.15) is 5.82 Å². The van der Waals surface area contributed by atoms with E-state index >= 15 is 0 Å². The molecule has 0 amide bonds. The molecule has 1 heterocycles. The zero-order valence-electron chi connectivity index (χ0n) is 9.81. The predicted octanol–water partition coefficient (Wildman–Crippen LogP) is 2.04. The average molecular weight is 222 g/mol. The van der Waals surface area contributed by atoms with Gasteiger partial charge in [-0.15, -0.1) is 0 Å². The van der Waals surface area contributed by atoms with Gasteiger partial charge in [-0.2, -0.15) is 0 Å². The first-order chi connectivity index (χ1) is 7.58. The third-order valence-corrected chi connectivity index (χ3v) is 2.79. The van der Waals surface area contributed by atoms with E-state index in [2.05, 4.69) is 23.4 Å². The van der Waals surface area contributed by atoms with Crippen LogP contribution < -0.4 is 0 Å². The predicted molar refractivity (Wildman–Crippen MR) is 60.4 cm³/mol. The van der Waals surface area contributed by atoms with E-state index < -0.39 is 5.97 Å². The van der Waals surface area contributed by atoms with Crippen molar-refractivity contribution < 1.29 is 9.90 Å². The van der Waals surface area contributed by atoms with Crippen LogP contribution in [0.3, 0.4) is 0 Å². The maximum atomic E-state index is 10.8. The van der Waals surface area contributed by atoms with E-state index in [9.17, 15) is 4.79 Å². The molecule has 0 saturated heterocycles. The molecule has 16 heavy (non-hydrogen) atoms. The summed E-state index contributed by atoms with van der Waals surface area (Å²) < 4.78 is 2.11. The van der Waals surface area contributed by atoms with Crippen molar-refractivity contribution in [2.24, 2.45) is 5.92 Å².